The van der Waals surface area contributed by atoms with Crippen LogP contribution in [0, 0.1) is 6.92 Å². The lowest BCUT2D eigenvalue weighted by Crippen LogP contribution is -2.24. The van der Waals surface area contributed by atoms with Crippen LogP contribution in [0.15, 0.2) is 23.6 Å². The van der Waals surface area contributed by atoms with E-state index in [1.807, 2.05) is 25.1 Å². The zero-order valence-electron chi connectivity index (χ0n) is 14.0. The van der Waals surface area contributed by atoms with Crippen LogP contribution in [0.1, 0.15) is 33.0 Å². The number of carbonyl (C=O) groups excluding carboxylic acids is 1. The summed E-state index contributed by atoms with van der Waals surface area (Å²) in [5, 5.41) is 5.36. The van der Waals surface area contributed by atoms with Gasteiger partial charge in [-0.2, -0.15) is 0 Å². The normalized spacial score (nSPS) is 16.3. The number of rotatable bonds is 6. The van der Waals surface area contributed by atoms with Crippen molar-refractivity contribution in [2.45, 2.75) is 32.5 Å². The Bertz CT molecular complexity index is 717. The van der Waals surface area contributed by atoms with E-state index in [0.29, 0.717) is 25.4 Å². The molecule has 1 saturated heterocycles. The maximum atomic E-state index is 12.2. The van der Waals surface area contributed by atoms with E-state index in [1.54, 1.807) is 5.38 Å². The van der Waals surface area contributed by atoms with Crippen molar-refractivity contribution in [2.24, 2.45) is 5.73 Å². The molecule has 136 valence electrons. The summed E-state index contributed by atoms with van der Waals surface area (Å²) in [6.07, 6.45) is 0.965. The summed E-state index contributed by atoms with van der Waals surface area (Å²) in [4.78, 5) is 16.4. The number of hydrogen-bond acceptors (Lipinski definition) is 6. The Hall–Kier alpha value is -1.67. The van der Waals surface area contributed by atoms with Crippen molar-refractivity contribution in [3.8, 4) is 5.75 Å². The maximum absolute atomic E-state index is 12.2. The lowest BCUT2D eigenvalue weighted by molar-refractivity contribution is 0.0945. The minimum atomic E-state index is -0.207. The van der Waals surface area contributed by atoms with E-state index in [2.05, 4.69) is 10.3 Å². The van der Waals surface area contributed by atoms with Crippen molar-refractivity contribution >= 4 is 29.7 Å². The van der Waals surface area contributed by atoms with Gasteiger partial charge >= 0.3 is 0 Å². The molecule has 2 aromatic rings. The minimum Gasteiger partial charge on any atom is -0.488 e. The second-order valence-corrected chi connectivity index (χ2v) is 6.67. The van der Waals surface area contributed by atoms with Gasteiger partial charge in [-0.3, -0.25) is 4.79 Å². The van der Waals surface area contributed by atoms with Crippen molar-refractivity contribution in [1.29, 1.82) is 0 Å². The first-order chi connectivity index (χ1) is 11.7. The second kappa shape index (κ2) is 9.15. The number of halogens is 1. The fourth-order valence-corrected chi connectivity index (χ4v) is 3.13. The standard InChI is InChI=1S/C17H21N3O3S.ClH/c1-11-2-3-12(15(6-11)23-13-4-5-22-9-13)8-19-17(21)14-10-24-16(7-18)20-14;/h2-3,6,10,13H,4-5,7-9,18H2,1H3,(H,19,21);1H. The van der Waals surface area contributed by atoms with E-state index in [1.165, 1.54) is 11.3 Å². The Morgan fingerprint density at radius 2 is 2.36 bits per heavy atom. The molecule has 1 amide bonds. The number of nitrogens with zero attached hydrogens (tertiary/aromatic N) is 1. The number of nitrogens with two attached hydrogens (primary N) is 1. The highest BCUT2D eigenvalue weighted by molar-refractivity contribution is 7.09. The monoisotopic (exact) mass is 383 g/mol. The second-order valence-electron chi connectivity index (χ2n) is 5.73. The summed E-state index contributed by atoms with van der Waals surface area (Å²) in [7, 11) is 0. The number of carbonyl (C=O) groups is 1. The van der Waals surface area contributed by atoms with E-state index in [0.717, 1.165) is 34.9 Å². The molecule has 1 aliphatic rings. The van der Waals surface area contributed by atoms with Crippen LogP contribution in [0.2, 0.25) is 0 Å². The molecule has 3 rings (SSSR count). The van der Waals surface area contributed by atoms with Crippen molar-refractivity contribution < 1.29 is 14.3 Å². The number of hydrogen-bond donors (Lipinski definition) is 2. The predicted octanol–water partition coefficient (Wildman–Crippen LogP) is 2.43. The van der Waals surface area contributed by atoms with E-state index < -0.39 is 0 Å². The van der Waals surface area contributed by atoms with Crippen LogP contribution in [-0.2, 0) is 17.8 Å². The molecule has 1 atom stereocenters. The number of aryl methyl sites for hydroxylation is 1. The number of aromatic nitrogens is 1. The Morgan fingerprint density at radius 1 is 1.52 bits per heavy atom. The summed E-state index contributed by atoms with van der Waals surface area (Å²) < 4.78 is 11.4. The molecule has 1 aromatic carbocycles. The van der Waals surface area contributed by atoms with Crippen LogP contribution in [-0.4, -0.2) is 30.2 Å². The van der Waals surface area contributed by atoms with Gasteiger partial charge in [0.05, 0.1) is 13.2 Å². The molecule has 0 bridgehead atoms. The van der Waals surface area contributed by atoms with Crippen LogP contribution < -0.4 is 15.8 Å². The van der Waals surface area contributed by atoms with Crippen LogP contribution in [0.25, 0.3) is 0 Å². The molecule has 0 saturated carbocycles. The third-order valence-corrected chi connectivity index (χ3v) is 4.67. The molecule has 1 unspecified atom stereocenters. The molecule has 0 aliphatic carbocycles. The molecule has 1 fully saturated rings. The Balaban J connectivity index is 0.00000225. The van der Waals surface area contributed by atoms with Gasteiger partial charge in [0.25, 0.3) is 5.91 Å². The van der Waals surface area contributed by atoms with Crippen molar-refractivity contribution in [3.05, 3.63) is 45.4 Å². The summed E-state index contributed by atoms with van der Waals surface area (Å²) >= 11 is 1.39. The van der Waals surface area contributed by atoms with E-state index in [9.17, 15) is 4.79 Å². The van der Waals surface area contributed by atoms with Gasteiger partial charge in [0.2, 0.25) is 0 Å². The summed E-state index contributed by atoms with van der Waals surface area (Å²) in [6, 6.07) is 5.98. The Kier molecular flexibility index (Phi) is 7.19. The van der Waals surface area contributed by atoms with Gasteiger partial charge in [-0.1, -0.05) is 12.1 Å². The van der Waals surface area contributed by atoms with Gasteiger partial charge in [0.15, 0.2) is 0 Å². The van der Waals surface area contributed by atoms with Crippen LogP contribution in [0.3, 0.4) is 0 Å². The fourth-order valence-electron chi connectivity index (χ4n) is 2.48. The number of nitrogens with one attached hydrogen (secondary N) is 1. The highest BCUT2D eigenvalue weighted by atomic mass is 35.5. The molecule has 8 heteroatoms. The van der Waals surface area contributed by atoms with Gasteiger partial charge in [-0.25, -0.2) is 4.98 Å². The van der Waals surface area contributed by atoms with Crippen LogP contribution >= 0.6 is 23.7 Å². The Labute approximate surface area is 157 Å². The highest BCUT2D eigenvalue weighted by Crippen LogP contribution is 2.24. The summed E-state index contributed by atoms with van der Waals surface area (Å²) in [5.74, 6) is 0.591. The maximum Gasteiger partial charge on any atom is 0.271 e. The third kappa shape index (κ3) is 5.15. The smallest absolute Gasteiger partial charge is 0.271 e. The SMILES string of the molecule is Cc1ccc(CNC(=O)c2csc(CN)n2)c(OC2CCOC2)c1.Cl. The van der Waals surface area contributed by atoms with Crippen molar-refractivity contribution in [1.82, 2.24) is 10.3 Å². The van der Waals surface area contributed by atoms with E-state index >= 15 is 0 Å². The average Bonchev–Trinajstić information content (AvgIpc) is 3.25. The van der Waals surface area contributed by atoms with Gasteiger partial charge in [0, 0.05) is 30.5 Å². The summed E-state index contributed by atoms with van der Waals surface area (Å²) in [6.45, 7) is 4.09. The predicted molar refractivity (Wildman–Crippen MR) is 99.5 cm³/mol. The lowest BCUT2D eigenvalue weighted by atomic mass is 10.1. The van der Waals surface area contributed by atoms with Crippen LogP contribution in [0.5, 0.6) is 5.75 Å². The zero-order chi connectivity index (χ0) is 16.9. The molecule has 1 aromatic heterocycles. The molecular weight excluding hydrogens is 362 g/mol. The first kappa shape index (κ1) is 19.7. The molecule has 0 spiro atoms. The molecule has 25 heavy (non-hydrogen) atoms. The highest BCUT2D eigenvalue weighted by Gasteiger charge is 2.19. The topological polar surface area (TPSA) is 86.5 Å². The van der Waals surface area contributed by atoms with Gasteiger partial charge in [0.1, 0.15) is 22.6 Å². The molecule has 6 nitrogen and oxygen atoms in total. The third-order valence-electron chi connectivity index (χ3n) is 3.80. The molecule has 1 aliphatic heterocycles. The zero-order valence-corrected chi connectivity index (χ0v) is 15.6. The summed E-state index contributed by atoms with van der Waals surface area (Å²) in [5.41, 5.74) is 7.99. The fraction of sp³-hybridized carbons (Fsp3) is 0.412. The number of ether oxygens (including phenoxy) is 2. The molecule has 2 heterocycles. The number of amides is 1. The number of benzene rings is 1. The van der Waals surface area contributed by atoms with Crippen molar-refractivity contribution in [3.63, 3.8) is 0 Å². The minimum absolute atomic E-state index is 0. The van der Waals surface area contributed by atoms with E-state index in [4.69, 9.17) is 15.2 Å². The first-order valence-electron chi connectivity index (χ1n) is 7.92. The van der Waals surface area contributed by atoms with Gasteiger partial charge in [-0.05, 0) is 18.6 Å². The van der Waals surface area contributed by atoms with Crippen LogP contribution in [0.4, 0.5) is 0 Å². The largest absolute Gasteiger partial charge is 0.488 e. The average molecular weight is 384 g/mol. The molecule has 0 radical (unpaired) electrons. The molecule has 3 N–H and O–H groups in total. The lowest BCUT2D eigenvalue weighted by Gasteiger charge is -2.16. The van der Waals surface area contributed by atoms with Gasteiger partial charge in [-0.15, -0.1) is 23.7 Å². The first-order valence-corrected chi connectivity index (χ1v) is 8.80. The van der Waals surface area contributed by atoms with Crippen molar-refractivity contribution in [2.75, 3.05) is 13.2 Å². The van der Waals surface area contributed by atoms with Gasteiger partial charge < -0.3 is 20.5 Å². The number of thiazole rings is 1. The Morgan fingerprint density at radius 3 is 3.04 bits per heavy atom. The van der Waals surface area contributed by atoms with E-state index in [-0.39, 0.29) is 24.4 Å². The quantitative estimate of drug-likeness (QED) is 0.800. The molecular formula is C17H22ClN3O3S.